The minimum atomic E-state index is -0.397. The van der Waals surface area contributed by atoms with Crippen LogP contribution < -0.4 is 15.8 Å². The molecule has 1 amide bonds. The van der Waals surface area contributed by atoms with E-state index in [1.54, 1.807) is 24.3 Å². The lowest BCUT2D eigenvalue weighted by molar-refractivity contribution is 0.102. The molecule has 4 nitrogen and oxygen atoms in total. The van der Waals surface area contributed by atoms with Gasteiger partial charge in [0, 0.05) is 21.2 Å². The maximum absolute atomic E-state index is 12.3. The molecule has 0 atom stereocenters. The number of carbonyl (C=O) groups is 1. The largest absolute Gasteiger partial charge is 0.494 e. The number of anilines is 2. The number of carbonyl (C=O) groups excluding carboxylic acids is 1. The number of benzene rings is 2. The number of hydrogen-bond acceptors (Lipinski definition) is 3. The van der Waals surface area contributed by atoms with Crippen LogP contribution in [0.15, 0.2) is 34.8 Å². The van der Waals surface area contributed by atoms with Crippen LogP contribution in [0.5, 0.6) is 5.75 Å². The van der Waals surface area contributed by atoms with E-state index in [0.29, 0.717) is 31.6 Å². The van der Waals surface area contributed by atoms with Crippen LogP contribution in [0.3, 0.4) is 0 Å². The summed E-state index contributed by atoms with van der Waals surface area (Å²) in [6, 6.07) is 7.95. The quantitative estimate of drug-likeness (QED) is 0.754. The second-order valence-corrected chi connectivity index (χ2v) is 5.86. The van der Waals surface area contributed by atoms with Crippen LogP contribution in [0.25, 0.3) is 0 Å². The number of amides is 1. The van der Waals surface area contributed by atoms with E-state index >= 15 is 0 Å². The van der Waals surface area contributed by atoms with Crippen molar-refractivity contribution in [1.82, 2.24) is 0 Å². The van der Waals surface area contributed by atoms with Gasteiger partial charge in [-0.1, -0.05) is 23.2 Å². The number of hydrogen-bond donors (Lipinski definition) is 2. The molecule has 0 unspecified atom stereocenters. The maximum Gasteiger partial charge on any atom is 0.257 e. The van der Waals surface area contributed by atoms with E-state index in [1.165, 1.54) is 13.2 Å². The van der Waals surface area contributed by atoms with Gasteiger partial charge in [0.25, 0.3) is 5.91 Å². The second kappa shape index (κ2) is 6.56. The van der Waals surface area contributed by atoms with Gasteiger partial charge in [0.05, 0.1) is 23.4 Å². The molecular weight excluding hydrogens is 379 g/mol. The molecule has 110 valence electrons. The summed E-state index contributed by atoms with van der Waals surface area (Å²) in [5.74, 6) is 0.0413. The lowest BCUT2D eigenvalue weighted by Crippen LogP contribution is -2.14. The number of halogens is 3. The topological polar surface area (TPSA) is 64.3 Å². The first kappa shape index (κ1) is 15.9. The molecule has 0 fully saturated rings. The first-order chi connectivity index (χ1) is 9.92. The number of nitrogen functional groups attached to an aromatic ring is 1. The lowest BCUT2D eigenvalue weighted by atomic mass is 10.2. The van der Waals surface area contributed by atoms with E-state index in [1.807, 2.05) is 0 Å². The van der Waals surface area contributed by atoms with Gasteiger partial charge in [-0.15, -0.1) is 0 Å². The summed E-state index contributed by atoms with van der Waals surface area (Å²) in [7, 11) is 1.49. The minimum absolute atomic E-state index is 0.273. The molecule has 0 spiro atoms. The molecule has 0 aliphatic rings. The predicted octanol–water partition coefficient (Wildman–Crippen LogP) is 4.60. The normalized spacial score (nSPS) is 10.3. The molecular formula is C14H11BrCl2N2O2. The van der Waals surface area contributed by atoms with Crippen molar-refractivity contribution < 1.29 is 9.53 Å². The van der Waals surface area contributed by atoms with Crippen LogP contribution in [-0.4, -0.2) is 13.0 Å². The molecule has 3 N–H and O–H groups in total. The molecule has 2 aromatic rings. The van der Waals surface area contributed by atoms with Crippen molar-refractivity contribution in [3.8, 4) is 5.75 Å². The van der Waals surface area contributed by atoms with E-state index in [4.69, 9.17) is 33.7 Å². The van der Waals surface area contributed by atoms with Crippen molar-refractivity contribution >= 4 is 56.4 Å². The van der Waals surface area contributed by atoms with Crippen molar-refractivity contribution in [3.63, 3.8) is 0 Å². The van der Waals surface area contributed by atoms with E-state index < -0.39 is 5.91 Å². The van der Waals surface area contributed by atoms with Crippen LogP contribution in [0, 0.1) is 0 Å². The highest BCUT2D eigenvalue weighted by Gasteiger charge is 2.16. The van der Waals surface area contributed by atoms with Crippen molar-refractivity contribution in [2.75, 3.05) is 18.2 Å². The van der Waals surface area contributed by atoms with Gasteiger partial charge in [-0.2, -0.15) is 0 Å². The molecule has 2 rings (SSSR count). The summed E-state index contributed by atoms with van der Waals surface area (Å²) in [6.45, 7) is 0. The van der Waals surface area contributed by atoms with Gasteiger partial charge in [0.2, 0.25) is 0 Å². The van der Waals surface area contributed by atoms with Crippen molar-refractivity contribution in [2.45, 2.75) is 0 Å². The summed E-state index contributed by atoms with van der Waals surface area (Å²) in [5, 5.41) is 3.46. The highest BCUT2D eigenvalue weighted by molar-refractivity contribution is 9.10. The molecule has 0 saturated heterocycles. The molecule has 2 aromatic carbocycles. The van der Waals surface area contributed by atoms with E-state index in [9.17, 15) is 4.79 Å². The Kier molecular flexibility index (Phi) is 4.98. The van der Waals surface area contributed by atoms with Crippen LogP contribution >= 0.6 is 39.1 Å². The monoisotopic (exact) mass is 388 g/mol. The fourth-order valence-electron chi connectivity index (χ4n) is 1.74. The Hall–Kier alpha value is -1.43. The molecule has 21 heavy (non-hydrogen) atoms. The first-order valence-electron chi connectivity index (χ1n) is 5.81. The van der Waals surface area contributed by atoms with E-state index in [2.05, 4.69) is 21.2 Å². The van der Waals surface area contributed by atoms with Crippen LogP contribution in [0.1, 0.15) is 10.4 Å². The summed E-state index contributed by atoms with van der Waals surface area (Å²) in [6.07, 6.45) is 0. The van der Waals surface area contributed by atoms with Crippen molar-refractivity contribution in [3.05, 3.63) is 50.4 Å². The number of ether oxygens (including phenoxy) is 1. The molecule has 0 aromatic heterocycles. The minimum Gasteiger partial charge on any atom is -0.494 e. The van der Waals surface area contributed by atoms with E-state index in [0.717, 1.165) is 0 Å². The molecule has 0 radical (unpaired) electrons. The zero-order chi connectivity index (χ0) is 15.6. The average Bonchev–Trinajstić information content (AvgIpc) is 2.43. The Bertz CT molecular complexity index is 708. The summed E-state index contributed by atoms with van der Waals surface area (Å²) >= 11 is 15.2. The number of nitrogens with two attached hydrogens (primary N) is 1. The zero-order valence-corrected chi connectivity index (χ0v) is 14.0. The number of rotatable bonds is 3. The van der Waals surface area contributed by atoms with Gasteiger partial charge in [-0.25, -0.2) is 0 Å². The molecule has 0 bridgehead atoms. The van der Waals surface area contributed by atoms with Crippen molar-refractivity contribution in [2.24, 2.45) is 0 Å². The summed E-state index contributed by atoms with van der Waals surface area (Å²) < 4.78 is 5.82. The Labute approximate surface area is 140 Å². The third-order valence-electron chi connectivity index (χ3n) is 2.71. The standard InChI is InChI=1S/C14H11BrCl2N2O2/c1-21-12-6-8(18)5-10(15)13(12)19-14(20)9-4-7(16)2-3-11(9)17/h2-6H,18H2,1H3,(H,19,20). The van der Waals surface area contributed by atoms with E-state index in [-0.39, 0.29) is 5.56 Å². The smallest absolute Gasteiger partial charge is 0.257 e. The van der Waals surface area contributed by atoms with Gasteiger partial charge >= 0.3 is 0 Å². The Balaban J connectivity index is 2.38. The molecule has 0 aliphatic carbocycles. The Morgan fingerprint density at radius 2 is 2.00 bits per heavy atom. The SMILES string of the molecule is COc1cc(N)cc(Br)c1NC(=O)c1cc(Cl)ccc1Cl. The Morgan fingerprint density at radius 3 is 2.67 bits per heavy atom. The number of nitrogens with one attached hydrogen (secondary N) is 1. The van der Waals surface area contributed by atoms with Gasteiger partial charge in [-0.3, -0.25) is 4.79 Å². The van der Waals surface area contributed by atoms with Crippen LogP contribution in [0.4, 0.5) is 11.4 Å². The van der Waals surface area contributed by atoms with Gasteiger partial charge < -0.3 is 15.8 Å². The second-order valence-electron chi connectivity index (χ2n) is 4.16. The fourth-order valence-corrected chi connectivity index (χ4v) is 2.67. The number of methoxy groups -OCH3 is 1. The molecule has 7 heteroatoms. The first-order valence-corrected chi connectivity index (χ1v) is 7.36. The highest BCUT2D eigenvalue weighted by Crippen LogP contribution is 2.36. The lowest BCUT2D eigenvalue weighted by Gasteiger charge is -2.13. The highest BCUT2D eigenvalue weighted by atomic mass is 79.9. The van der Waals surface area contributed by atoms with Gasteiger partial charge in [0.15, 0.2) is 0 Å². The third kappa shape index (κ3) is 3.61. The van der Waals surface area contributed by atoms with Crippen molar-refractivity contribution in [1.29, 1.82) is 0 Å². The average molecular weight is 390 g/mol. The van der Waals surface area contributed by atoms with Crippen LogP contribution in [0.2, 0.25) is 10.0 Å². The zero-order valence-electron chi connectivity index (χ0n) is 10.9. The van der Waals surface area contributed by atoms with Crippen LogP contribution in [-0.2, 0) is 0 Å². The molecule has 0 heterocycles. The molecule has 0 aliphatic heterocycles. The third-order valence-corrected chi connectivity index (χ3v) is 3.90. The summed E-state index contributed by atoms with van der Waals surface area (Å²) in [5.41, 5.74) is 6.98. The van der Waals surface area contributed by atoms with Gasteiger partial charge in [0.1, 0.15) is 5.75 Å². The maximum atomic E-state index is 12.3. The fraction of sp³-hybridized carbons (Fsp3) is 0.0714. The summed E-state index contributed by atoms with van der Waals surface area (Å²) in [4.78, 5) is 12.3. The Morgan fingerprint density at radius 1 is 1.29 bits per heavy atom. The predicted molar refractivity (Wildman–Crippen MR) is 89.5 cm³/mol. The van der Waals surface area contributed by atoms with Gasteiger partial charge in [-0.05, 0) is 40.2 Å². The molecule has 0 saturated carbocycles.